The highest BCUT2D eigenvalue weighted by molar-refractivity contribution is 5.97. The quantitative estimate of drug-likeness (QED) is 0.802. The van der Waals surface area contributed by atoms with Crippen LogP contribution in [0.2, 0.25) is 0 Å². The number of hydrogen-bond acceptors (Lipinski definition) is 2. The average Bonchev–Trinajstić information content (AvgIpc) is 2.44. The molecule has 0 saturated carbocycles. The zero-order valence-electron chi connectivity index (χ0n) is 12.5. The molecule has 0 saturated heterocycles. The van der Waals surface area contributed by atoms with Crippen LogP contribution in [0.15, 0.2) is 24.3 Å². The average molecular weight is 276 g/mol. The molecule has 0 spiro atoms. The van der Waals surface area contributed by atoms with Crippen molar-refractivity contribution in [3.05, 3.63) is 35.4 Å². The summed E-state index contributed by atoms with van der Waals surface area (Å²) in [6.45, 7) is 5.98. The second kappa shape index (κ2) is 7.68. The van der Waals surface area contributed by atoms with E-state index in [1.54, 1.807) is 12.1 Å². The molecule has 1 aromatic carbocycles. The topological polar surface area (TPSA) is 72.2 Å². The lowest BCUT2D eigenvalue weighted by atomic mass is 9.98. The number of rotatable bonds is 7. The second-order valence-corrected chi connectivity index (χ2v) is 5.19. The minimum Gasteiger partial charge on any atom is -0.368 e. The highest BCUT2D eigenvalue weighted by Crippen LogP contribution is 2.10. The molecule has 3 N–H and O–H groups in total. The number of primary amides is 1. The van der Waals surface area contributed by atoms with Crippen molar-refractivity contribution in [2.24, 2.45) is 11.7 Å². The molecule has 20 heavy (non-hydrogen) atoms. The van der Waals surface area contributed by atoms with Gasteiger partial charge < -0.3 is 11.1 Å². The maximum Gasteiger partial charge on any atom is 0.251 e. The van der Waals surface area contributed by atoms with Crippen LogP contribution in [0.5, 0.6) is 0 Å². The third kappa shape index (κ3) is 4.37. The van der Waals surface area contributed by atoms with Crippen LogP contribution in [0.3, 0.4) is 0 Å². The molecule has 0 radical (unpaired) electrons. The molecule has 0 aliphatic rings. The minimum atomic E-state index is -0.622. The first kappa shape index (κ1) is 16.2. The largest absolute Gasteiger partial charge is 0.368 e. The van der Waals surface area contributed by atoms with Gasteiger partial charge in [0, 0.05) is 5.56 Å². The zero-order chi connectivity index (χ0) is 15.1. The van der Waals surface area contributed by atoms with Crippen LogP contribution in [-0.4, -0.2) is 17.9 Å². The van der Waals surface area contributed by atoms with Gasteiger partial charge in [0.15, 0.2) is 0 Å². The standard InChI is InChI=1S/C16H24N2O2/c1-4-6-12-7-9-13(10-8-12)16(20)18-14(15(17)19)11(3)5-2/h7-11,14H,4-6H2,1-3H3,(H2,17,19)(H,18,20). The van der Waals surface area contributed by atoms with Crippen LogP contribution in [0.25, 0.3) is 0 Å². The lowest BCUT2D eigenvalue weighted by molar-refractivity contribution is -0.120. The third-order valence-corrected chi connectivity index (χ3v) is 3.56. The first-order chi connectivity index (χ1) is 9.49. The van der Waals surface area contributed by atoms with Crippen molar-refractivity contribution >= 4 is 11.8 Å². The Morgan fingerprint density at radius 2 is 1.80 bits per heavy atom. The summed E-state index contributed by atoms with van der Waals surface area (Å²) in [5.74, 6) is -0.719. The van der Waals surface area contributed by atoms with Gasteiger partial charge in [0.05, 0.1) is 0 Å². The number of amides is 2. The molecule has 4 heteroatoms. The summed E-state index contributed by atoms with van der Waals surface area (Å²) < 4.78 is 0. The molecule has 2 unspecified atom stereocenters. The van der Waals surface area contributed by atoms with Crippen molar-refractivity contribution in [3.63, 3.8) is 0 Å². The smallest absolute Gasteiger partial charge is 0.251 e. The van der Waals surface area contributed by atoms with Crippen LogP contribution in [0, 0.1) is 5.92 Å². The van der Waals surface area contributed by atoms with E-state index in [0.717, 1.165) is 19.3 Å². The van der Waals surface area contributed by atoms with Gasteiger partial charge in [-0.3, -0.25) is 9.59 Å². The fourth-order valence-electron chi connectivity index (χ4n) is 2.07. The van der Waals surface area contributed by atoms with Crippen LogP contribution in [0.1, 0.15) is 49.5 Å². The monoisotopic (exact) mass is 276 g/mol. The molecule has 1 aromatic rings. The van der Waals surface area contributed by atoms with Crippen LogP contribution >= 0.6 is 0 Å². The van der Waals surface area contributed by atoms with Gasteiger partial charge in [-0.1, -0.05) is 45.7 Å². The normalized spacial score (nSPS) is 13.6. The van der Waals surface area contributed by atoms with E-state index in [1.807, 2.05) is 26.0 Å². The molecule has 2 atom stereocenters. The molecule has 0 aliphatic heterocycles. The van der Waals surface area contributed by atoms with Crippen molar-refractivity contribution in [2.45, 2.75) is 46.1 Å². The molecule has 0 fully saturated rings. The van der Waals surface area contributed by atoms with Gasteiger partial charge in [0.25, 0.3) is 5.91 Å². The number of benzene rings is 1. The summed E-state index contributed by atoms with van der Waals surface area (Å²) in [6.07, 6.45) is 2.85. The molecule has 110 valence electrons. The fourth-order valence-corrected chi connectivity index (χ4v) is 2.07. The van der Waals surface area contributed by atoms with Crippen LogP contribution in [-0.2, 0) is 11.2 Å². The Morgan fingerprint density at radius 3 is 2.25 bits per heavy atom. The molecule has 2 amide bonds. The van der Waals surface area contributed by atoms with Gasteiger partial charge >= 0.3 is 0 Å². The van der Waals surface area contributed by atoms with Crippen molar-refractivity contribution in [1.29, 1.82) is 0 Å². The van der Waals surface area contributed by atoms with Gasteiger partial charge in [0.2, 0.25) is 5.91 Å². The van der Waals surface area contributed by atoms with Crippen molar-refractivity contribution in [2.75, 3.05) is 0 Å². The number of carbonyl (C=O) groups is 2. The van der Waals surface area contributed by atoms with Crippen LogP contribution in [0.4, 0.5) is 0 Å². The van der Waals surface area contributed by atoms with Crippen LogP contribution < -0.4 is 11.1 Å². The first-order valence-electron chi connectivity index (χ1n) is 7.18. The van der Waals surface area contributed by atoms with E-state index in [0.29, 0.717) is 5.56 Å². The van der Waals surface area contributed by atoms with Gasteiger partial charge in [0.1, 0.15) is 6.04 Å². The molecule has 0 heterocycles. The maximum absolute atomic E-state index is 12.1. The van der Waals surface area contributed by atoms with Gasteiger partial charge in [-0.05, 0) is 30.0 Å². The number of nitrogens with two attached hydrogens (primary N) is 1. The summed E-state index contributed by atoms with van der Waals surface area (Å²) in [5.41, 5.74) is 7.11. The number of aryl methyl sites for hydroxylation is 1. The van der Waals surface area contributed by atoms with E-state index in [1.165, 1.54) is 5.56 Å². The number of hydrogen-bond donors (Lipinski definition) is 2. The Hall–Kier alpha value is -1.84. The molecule has 0 bridgehead atoms. The van der Waals surface area contributed by atoms with Gasteiger partial charge in [-0.2, -0.15) is 0 Å². The summed E-state index contributed by atoms with van der Waals surface area (Å²) in [7, 11) is 0. The summed E-state index contributed by atoms with van der Waals surface area (Å²) >= 11 is 0. The SMILES string of the molecule is CCCc1ccc(C(=O)NC(C(N)=O)C(C)CC)cc1. The Balaban J connectivity index is 2.76. The van der Waals surface area contributed by atoms with Crippen molar-refractivity contribution < 1.29 is 9.59 Å². The zero-order valence-corrected chi connectivity index (χ0v) is 12.5. The third-order valence-electron chi connectivity index (χ3n) is 3.56. The Bertz CT molecular complexity index is 454. The molecule has 1 rings (SSSR count). The van der Waals surface area contributed by atoms with E-state index in [2.05, 4.69) is 12.2 Å². The van der Waals surface area contributed by atoms with E-state index < -0.39 is 11.9 Å². The van der Waals surface area contributed by atoms with Gasteiger partial charge in [-0.25, -0.2) is 0 Å². The molecular weight excluding hydrogens is 252 g/mol. The van der Waals surface area contributed by atoms with E-state index >= 15 is 0 Å². The molecule has 0 aliphatic carbocycles. The number of nitrogens with one attached hydrogen (secondary N) is 1. The lowest BCUT2D eigenvalue weighted by Crippen LogP contribution is -2.48. The Morgan fingerprint density at radius 1 is 1.20 bits per heavy atom. The predicted octanol–water partition coefficient (Wildman–Crippen LogP) is 2.27. The Labute approximate surface area is 120 Å². The van der Waals surface area contributed by atoms with Gasteiger partial charge in [-0.15, -0.1) is 0 Å². The van der Waals surface area contributed by atoms with E-state index in [4.69, 9.17) is 5.73 Å². The molecular formula is C16H24N2O2. The summed E-state index contributed by atoms with van der Waals surface area (Å²) in [6, 6.07) is 6.84. The molecule has 4 nitrogen and oxygen atoms in total. The lowest BCUT2D eigenvalue weighted by Gasteiger charge is -2.21. The number of carbonyl (C=O) groups excluding carboxylic acids is 2. The highest BCUT2D eigenvalue weighted by atomic mass is 16.2. The summed E-state index contributed by atoms with van der Waals surface area (Å²) in [5, 5.41) is 2.72. The Kier molecular flexibility index (Phi) is 6.22. The second-order valence-electron chi connectivity index (χ2n) is 5.19. The minimum absolute atomic E-state index is 0.0239. The van der Waals surface area contributed by atoms with E-state index in [9.17, 15) is 9.59 Å². The van der Waals surface area contributed by atoms with Crippen molar-refractivity contribution in [1.82, 2.24) is 5.32 Å². The predicted molar refractivity (Wildman–Crippen MR) is 80.3 cm³/mol. The maximum atomic E-state index is 12.1. The van der Waals surface area contributed by atoms with E-state index in [-0.39, 0.29) is 11.8 Å². The first-order valence-corrected chi connectivity index (χ1v) is 7.18. The van der Waals surface area contributed by atoms with Crippen molar-refractivity contribution in [3.8, 4) is 0 Å². The molecule has 0 aromatic heterocycles. The fraction of sp³-hybridized carbons (Fsp3) is 0.500. The summed E-state index contributed by atoms with van der Waals surface area (Å²) in [4.78, 5) is 23.5. The highest BCUT2D eigenvalue weighted by Gasteiger charge is 2.23.